The van der Waals surface area contributed by atoms with Crippen molar-refractivity contribution < 1.29 is 9.52 Å². The third-order valence-corrected chi connectivity index (χ3v) is 4.36. The van der Waals surface area contributed by atoms with Crippen LogP contribution in [0.3, 0.4) is 0 Å². The fourth-order valence-corrected chi connectivity index (χ4v) is 3.04. The molecule has 0 saturated carbocycles. The van der Waals surface area contributed by atoms with E-state index in [9.17, 15) is 5.11 Å². The molecule has 2 atom stereocenters. The largest absolute Gasteiger partial charge is 0.418 e. The van der Waals surface area contributed by atoms with Crippen molar-refractivity contribution in [1.82, 2.24) is 15.1 Å². The molecule has 0 aliphatic carbocycles. The zero-order valence-electron chi connectivity index (χ0n) is 10.8. The van der Waals surface area contributed by atoms with Gasteiger partial charge in [0.25, 0.3) is 5.89 Å². The smallest absolute Gasteiger partial charge is 0.257 e. The number of rotatable bonds is 3. The zero-order valence-corrected chi connectivity index (χ0v) is 11.6. The number of likely N-dealkylation sites (tertiary alicyclic amines) is 1. The molecule has 1 fully saturated rings. The standard InChI is InChI=1S/C13H17N3O2S/c1-9(16-6-2-4-10(17)8-16)12-14-15-13(18-12)11-5-3-7-19-11/h3,5,7,9-10,17H,2,4,6,8H2,1H3. The number of hydrogen-bond donors (Lipinski definition) is 1. The lowest BCUT2D eigenvalue weighted by Crippen LogP contribution is -2.39. The van der Waals surface area contributed by atoms with E-state index in [0.717, 1.165) is 24.3 Å². The second kappa shape index (κ2) is 5.40. The Labute approximate surface area is 115 Å². The van der Waals surface area contributed by atoms with Gasteiger partial charge in [0.05, 0.1) is 17.0 Å². The molecular formula is C13H17N3O2S. The van der Waals surface area contributed by atoms with Crippen molar-refractivity contribution in [3.8, 4) is 10.8 Å². The Hall–Kier alpha value is -1.24. The van der Waals surface area contributed by atoms with Crippen molar-refractivity contribution >= 4 is 11.3 Å². The first kappa shape index (κ1) is 12.8. The molecule has 6 heteroatoms. The van der Waals surface area contributed by atoms with Gasteiger partial charge in [0.15, 0.2) is 0 Å². The number of aliphatic hydroxyl groups is 1. The van der Waals surface area contributed by atoms with Gasteiger partial charge in [-0.3, -0.25) is 4.90 Å². The quantitative estimate of drug-likeness (QED) is 0.934. The fourth-order valence-electron chi connectivity index (χ4n) is 2.39. The number of aliphatic hydroxyl groups excluding tert-OH is 1. The summed E-state index contributed by atoms with van der Waals surface area (Å²) < 4.78 is 5.74. The van der Waals surface area contributed by atoms with E-state index in [2.05, 4.69) is 15.1 Å². The van der Waals surface area contributed by atoms with Crippen LogP contribution in [0.15, 0.2) is 21.9 Å². The van der Waals surface area contributed by atoms with Crippen LogP contribution in [0.2, 0.25) is 0 Å². The lowest BCUT2D eigenvalue weighted by Gasteiger charge is -2.32. The molecule has 1 saturated heterocycles. The molecule has 0 radical (unpaired) electrons. The average molecular weight is 279 g/mol. The van der Waals surface area contributed by atoms with Gasteiger partial charge in [-0.2, -0.15) is 0 Å². The molecule has 5 nitrogen and oxygen atoms in total. The van der Waals surface area contributed by atoms with E-state index in [1.807, 2.05) is 24.4 Å². The van der Waals surface area contributed by atoms with Crippen LogP contribution in [0.5, 0.6) is 0 Å². The molecule has 3 heterocycles. The lowest BCUT2D eigenvalue weighted by molar-refractivity contribution is 0.0439. The molecule has 2 unspecified atom stereocenters. The van der Waals surface area contributed by atoms with Gasteiger partial charge >= 0.3 is 0 Å². The molecule has 0 spiro atoms. The summed E-state index contributed by atoms with van der Waals surface area (Å²) >= 11 is 1.59. The van der Waals surface area contributed by atoms with Crippen LogP contribution in [-0.4, -0.2) is 39.4 Å². The molecule has 1 N–H and O–H groups in total. The van der Waals surface area contributed by atoms with E-state index in [1.54, 1.807) is 11.3 Å². The maximum atomic E-state index is 9.72. The summed E-state index contributed by atoms with van der Waals surface area (Å²) in [4.78, 5) is 3.18. The van der Waals surface area contributed by atoms with Gasteiger partial charge in [-0.1, -0.05) is 6.07 Å². The number of nitrogens with zero attached hydrogens (tertiary/aromatic N) is 3. The number of piperidine rings is 1. The van der Waals surface area contributed by atoms with Crippen LogP contribution < -0.4 is 0 Å². The molecule has 102 valence electrons. The van der Waals surface area contributed by atoms with E-state index in [0.29, 0.717) is 18.3 Å². The molecule has 3 rings (SSSR count). The van der Waals surface area contributed by atoms with Gasteiger partial charge in [0, 0.05) is 6.54 Å². The van der Waals surface area contributed by atoms with Crippen molar-refractivity contribution in [2.24, 2.45) is 0 Å². The molecule has 19 heavy (non-hydrogen) atoms. The summed E-state index contributed by atoms with van der Waals surface area (Å²) in [6, 6.07) is 3.99. The van der Waals surface area contributed by atoms with E-state index in [4.69, 9.17) is 4.42 Å². The summed E-state index contributed by atoms with van der Waals surface area (Å²) in [5, 5.41) is 20.0. The summed E-state index contributed by atoms with van der Waals surface area (Å²) in [6.45, 7) is 3.69. The maximum Gasteiger partial charge on any atom is 0.257 e. The minimum Gasteiger partial charge on any atom is -0.418 e. The minimum atomic E-state index is -0.240. The Kier molecular flexibility index (Phi) is 3.63. The molecule has 2 aromatic heterocycles. The van der Waals surface area contributed by atoms with Crippen molar-refractivity contribution in [2.45, 2.75) is 31.9 Å². The van der Waals surface area contributed by atoms with E-state index in [-0.39, 0.29) is 12.1 Å². The Morgan fingerprint density at radius 1 is 1.53 bits per heavy atom. The van der Waals surface area contributed by atoms with Gasteiger partial charge < -0.3 is 9.52 Å². The summed E-state index contributed by atoms with van der Waals surface area (Å²) in [5.74, 6) is 1.20. The second-order valence-electron chi connectivity index (χ2n) is 4.89. The molecule has 1 aliphatic rings. The van der Waals surface area contributed by atoms with E-state index >= 15 is 0 Å². The van der Waals surface area contributed by atoms with Gasteiger partial charge in [0.2, 0.25) is 5.89 Å². The number of aromatic nitrogens is 2. The highest BCUT2D eigenvalue weighted by Crippen LogP contribution is 2.28. The molecule has 0 amide bonds. The zero-order chi connectivity index (χ0) is 13.2. The van der Waals surface area contributed by atoms with Gasteiger partial charge in [-0.05, 0) is 37.8 Å². The first-order valence-electron chi connectivity index (χ1n) is 6.53. The Balaban J connectivity index is 1.75. The number of β-amino-alcohol motifs (C(OH)–C–C–N with tert-alkyl or cyclic N) is 1. The van der Waals surface area contributed by atoms with E-state index < -0.39 is 0 Å². The van der Waals surface area contributed by atoms with Gasteiger partial charge in [-0.25, -0.2) is 0 Å². The van der Waals surface area contributed by atoms with Gasteiger partial charge in [0.1, 0.15) is 0 Å². The Morgan fingerprint density at radius 3 is 3.16 bits per heavy atom. The predicted octanol–water partition coefficient (Wildman–Crippen LogP) is 2.32. The molecule has 0 bridgehead atoms. The highest BCUT2D eigenvalue weighted by atomic mass is 32.1. The van der Waals surface area contributed by atoms with Crippen LogP contribution >= 0.6 is 11.3 Å². The van der Waals surface area contributed by atoms with Crippen LogP contribution in [0.4, 0.5) is 0 Å². The summed E-state index contributed by atoms with van der Waals surface area (Å²) in [6.07, 6.45) is 1.65. The Morgan fingerprint density at radius 2 is 2.42 bits per heavy atom. The second-order valence-corrected chi connectivity index (χ2v) is 5.84. The van der Waals surface area contributed by atoms with Crippen molar-refractivity contribution in [3.05, 3.63) is 23.4 Å². The summed E-state index contributed by atoms with van der Waals surface area (Å²) in [7, 11) is 0. The third kappa shape index (κ3) is 2.70. The van der Waals surface area contributed by atoms with Gasteiger partial charge in [-0.15, -0.1) is 21.5 Å². The number of thiophene rings is 1. The van der Waals surface area contributed by atoms with Crippen molar-refractivity contribution in [2.75, 3.05) is 13.1 Å². The Bertz CT molecular complexity index is 526. The lowest BCUT2D eigenvalue weighted by atomic mass is 10.1. The van der Waals surface area contributed by atoms with Crippen molar-refractivity contribution in [3.63, 3.8) is 0 Å². The first-order valence-corrected chi connectivity index (χ1v) is 7.41. The fraction of sp³-hybridized carbons (Fsp3) is 0.538. The molecule has 0 aromatic carbocycles. The van der Waals surface area contributed by atoms with Crippen LogP contribution in [-0.2, 0) is 0 Å². The maximum absolute atomic E-state index is 9.72. The average Bonchev–Trinajstić information content (AvgIpc) is 3.08. The van der Waals surface area contributed by atoms with Crippen LogP contribution in [0.1, 0.15) is 31.7 Å². The number of hydrogen-bond acceptors (Lipinski definition) is 6. The normalized spacial score (nSPS) is 22.5. The topological polar surface area (TPSA) is 62.4 Å². The molecule has 1 aliphatic heterocycles. The molecule has 2 aromatic rings. The molecular weight excluding hydrogens is 262 g/mol. The summed E-state index contributed by atoms with van der Waals surface area (Å²) in [5.41, 5.74) is 0. The minimum absolute atomic E-state index is 0.0520. The highest BCUT2D eigenvalue weighted by molar-refractivity contribution is 7.13. The first-order chi connectivity index (χ1) is 9.24. The van der Waals surface area contributed by atoms with Crippen molar-refractivity contribution in [1.29, 1.82) is 0 Å². The van der Waals surface area contributed by atoms with Crippen LogP contribution in [0, 0.1) is 0 Å². The van der Waals surface area contributed by atoms with Crippen LogP contribution in [0.25, 0.3) is 10.8 Å². The SMILES string of the molecule is CC(c1nnc(-c2cccs2)o1)N1CCCC(O)C1. The monoisotopic (exact) mass is 279 g/mol. The highest BCUT2D eigenvalue weighted by Gasteiger charge is 2.26. The van der Waals surface area contributed by atoms with E-state index in [1.165, 1.54) is 0 Å². The predicted molar refractivity (Wildman–Crippen MR) is 72.8 cm³/mol. The third-order valence-electron chi connectivity index (χ3n) is 3.51.